The molecule has 0 spiro atoms. The van der Waals surface area contributed by atoms with Crippen LogP contribution in [0.3, 0.4) is 0 Å². The predicted molar refractivity (Wildman–Crippen MR) is 93.1 cm³/mol. The molecule has 1 unspecified atom stereocenters. The summed E-state index contributed by atoms with van der Waals surface area (Å²) in [5, 5.41) is 3.02. The minimum atomic E-state index is 0.160. The van der Waals surface area contributed by atoms with Crippen molar-refractivity contribution in [2.75, 3.05) is 6.54 Å². The van der Waals surface area contributed by atoms with Gasteiger partial charge in [-0.2, -0.15) is 0 Å². The van der Waals surface area contributed by atoms with E-state index < -0.39 is 0 Å². The van der Waals surface area contributed by atoms with E-state index in [0.29, 0.717) is 12.3 Å². The van der Waals surface area contributed by atoms with Gasteiger partial charge in [-0.3, -0.25) is 4.79 Å². The van der Waals surface area contributed by atoms with Gasteiger partial charge in [-0.15, -0.1) is 0 Å². The fourth-order valence-electron chi connectivity index (χ4n) is 2.67. The molecule has 0 radical (unpaired) electrons. The molecular formula is C19H27N3O. The third-order valence-corrected chi connectivity index (χ3v) is 4.12. The summed E-state index contributed by atoms with van der Waals surface area (Å²) in [7, 11) is 0. The SMILES string of the molecule is Cc1nccn1CCCNC(=O)CC(C)CCc1ccccc1. The van der Waals surface area contributed by atoms with Crippen molar-refractivity contribution in [2.24, 2.45) is 5.92 Å². The van der Waals surface area contributed by atoms with Gasteiger partial charge in [0.1, 0.15) is 5.82 Å². The van der Waals surface area contributed by atoms with E-state index in [2.05, 4.69) is 46.1 Å². The van der Waals surface area contributed by atoms with E-state index in [1.807, 2.05) is 25.4 Å². The second kappa shape index (κ2) is 9.13. The van der Waals surface area contributed by atoms with Crippen LogP contribution in [0.15, 0.2) is 42.7 Å². The zero-order valence-corrected chi connectivity index (χ0v) is 14.2. The fraction of sp³-hybridized carbons (Fsp3) is 0.474. The van der Waals surface area contributed by atoms with E-state index in [1.165, 1.54) is 5.56 Å². The van der Waals surface area contributed by atoms with Crippen molar-refractivity contribution in [1.82, 2.24) is 14.9 Å². The molecule has 1 N–H and O–H groups in total. The zero-order chi connectivity index (χ0) is 16.5. The molecule has 4 nitrogen and oxygen atoms in total. The average molecular weight is 313 g/mol. The molecule has 1 amide bonds. The lowest BCUT2D eigenvalue weighted by Crippen LogP contribution is -2.26. The lowest BCUT2D eigenvalue weighted by atomic mass is 9.98. The second-order valence-electron chi connectivity index (χ2n) is 6.20. The van der Waals surface area contributed by atoms with E-state index in [4.69, 9.17) is 0 Å². The number of aromatic nitrogens is 2. The summed E-state index contributed by atoms with van der Waals surface area (Å²) in [5.41, 5.74) is 1.34. The minimum Gasteiger partial charge on any atom is -0.356 e. The maximum atomic E-state index is 12.0. The molecule has 0 fully saturated rings. The monoisotopic (exact) mass is 313 g/mol. The van der Waals surface area contributed by atoms with Gasteiger partial charge in [-0.1, -0.05) is 37.3 Å². The summed E-state index contributed by atoms with van der Waals surface area (Å²) in [6.45, 7) is 5.77. The van der Waals surface area contributed by atoms with Crippen LogP contribution in [0.5, 0.6) is 0 Å². The smallest absolute Gasteiger partial charge is 0.220 e. The molecule has 1 aromatic carbocycles. The summed E-state index contributed by atoms with van der Waals surface area (Å²) in [6, 6.07) is 10.4. The molecule has 0 bridgehead atoms. The molecule has 0 aliphatic heterocycles. The summed E-state index contributed by atoms with van der Waals surface area (Å²) in [4.78, 5) is 16.2. The average Bonchev–Trinajstić information content (AvgIpc) is 2.96. The van der Waals surface area contributed by atoms with Gasteiger partial charge in [-0.25, -0.2) is 4.98 Å². The molecule has 0 saturated heterocycles. The first-order valence-corrected chi connectivity index (χ1v) is 8.43. The number of hydrogen-bond donors (Lipinski definition) is 1. The molecule has 1 aromatic heterocycles. The van der Waals surface area contributed by atoms with Crippen molar-refractivity contribution in [1.29, 1.82) is 0 Å². The Balaban J connectivity index is 1.58. The summed E-state index contributed by atoms with van der Waals surface area (Å²) < 4.78 is 2.11. The molecule has 23 heavy (non-hydrogen) atoms. The van der Waals surface area contributed by atoms with Crippen LogP contribution in [0.1, 0.15) is 37.6 Å². The van der Waals surface area contributed by atoms with Gasteiger partial charge in [-0.05, 0) is 37.7 Å². The number of rotatable bonds is 9. The Hall–Kier alpha value is -2.10. The van der Waals surface area contributed by atoms with Gasteiger partial charge in [0.05, 0.1) is 0 Å². The number of aryl methyl sites for hydroxylation is 3. The predicted octanol–water partition coefficient (Wildman–Crippen LogP) is 3.36. The van der Waals surface area contributed by atoms with Crippen LogP contribution < -0.4 is 5.32 Å². The van der Waals surface area contributed by atoms with Crippen molar-refractivity contribution < 1.29 is 4.79 Å². The van der Waals surface area contributed by atoms with Crippen LogP contribution in [0.2, 0.25) is 0 Å². The highest BCUT2D eigenvalue weighted by molar-refractivity contribution is 5.76. The molecule has 0 saturated carbocycles. The van der Waals surface area contributed by atoms with Crippen molar-refractivity contribution >= 4 is 5.91 Å². The Morgan fingerprint density at radius 1 is 1.30 bits per heavy atom. The van der Waals surface area contributed by atoms with Crippen molar-refractivity contribution in [3.63, 3.8) is 0 Å². The first kappa shape index (κ1) is 17.3. The van der Waals surface area contributed by atoms with Gasteiger partial charge in [0.15, 0.2) is 0 Å². The molecule has 1 atom stereocenters. The molecular weight excluding hydrogens is 286 g/mol. The van der Waals surface area contributed by atoms with E-state index in [-0.39, 0.29) is 5.91 Å². The lowest BCUT2D eigenvalue weighted by Gasteiger charge is -2.12. The lowest BCUT2D eigenvalue weighted by molar-refractivity contribution is -0.121. The summed E-state index contributed by atoms with van der Waals surface area (Å²) >= 11 is 0. The molecule has 2 rings (SSSR count). The van der Waals surface area contributed by atoms with Gasteiger partial charge < -0.3 is 9.88 Å². The number of benzene rings is 1. The molecule has 2 aromatic rings. The Morgan fingerprint density at radius 3 is 2.78 bits per heavy atom. The van der Waals surface area contributed by atoms with Gasteiger partial charge >= 0.3 is 0 Å². The zero-order valence-electron chi connectivity index (χ0n) is 14.2. The van der Waals surface area contributed by atoms with E-state index in [9.17, 15) is 4.79 Å². The Morgan fingerprint density at radius 2 is 2.09 bits per heavy atom. The Labute approximate surface area is 138 Å². The molecule has 1 heterocycles. The number of carbonyl (C=O) groups excluding carboxylic acids is 1. The van der Waals surface area contributed by atoms with Crippen LogP contribution in [0, 0.1) is 12.8 Å². The van der Waals surface area contributed by atoms with Gasteiger partial charge in [0.2, 0.25) is 5.91 Å². The summed E-state index contributed by atoms with van der Waals surface area (Å²) in [6.07, 6.45) is 7.41. The first-order chi connectivity index (χ1) is 11.1. The Bertz CT molecular complexity index is 592. The van der Waals surface area contributed by atoms with E-state index in [1.54, 1.807) is 0 Å². The highest BCUT2D eigenvalue weighted by atomic mass is 16.1. The Kier molecular flexibility index (Phi) is 6.85. The topological polar surface area (TPSA) is 46.9 Å². The maximum Gasteiger partial charge on any atom is 0.220 e. The van der Waals surface area contributed by atoms with Gasteiger partial charge in [0.25, 0.3) is 0 Å². The number of carbonyl (C=O) groups is 1. The molecule has 4 heteroatoms. The third kappa shape index (κ3) is 6.27. The molecule has 0 aliphatic rings. The highest BCUT2D eigenvalue weighted by Gasteiger charge is 2.09. The van der Waals surface area contributed by atoms with Crippen LogP contribution in [0.25, 0.3) is 0 Å². The number of nitrogens with zero attached hydrogens (tertiary/aromatic N) is 2. The quantitative estimate of drug-likeness (QED) is 0.722. The maximum absolute atomic E-state index is 12.0. The molecule has 124 valence electrons. The number of imidazole rings is 1. The number of amides is 1. The van der Waals surface area contributed by atoms with Crippen LogP contribution in [-0.2, 0) is 17.8 Å². The normalized spacial score (nSPS) is 12.1. The molecule has 0 aliphatic carbocycles. The van der Waals surface area contributed by atoms with Crippen LogP contribution in [0.4, 0.5) is 0 Å². The van der Waals surface area contributed by atoms with Crippen molar-refractivity contribution in [3.8, 4) is 0 Å². The number of nitrogens with one attached hydrogen (secondary N) is 1. The van der Waals surface area contributed by atoms with Crippen LogP contribution in [-0.4, -0.2) is 22.0 Å². The van der Waals surface area contributed by atoms with E-state index >= 15 is 0 Å². The van der Waals surface area contributed by atoms with Crippen molar-refractivity contribution in [3.05, 3.63) is 54.1 Å². The minimum absolute atomic E-state index is 0.160. The standard InChI is InChI=1S/C19H27N3O/c1-16(9-10-18-7-4-3-5-8-18)15-19(23)21-11-6-13-22-14-12-20-17(22)2/h3-5,7-8,12,14,16H,6,9-11,13,15H2,1-2H3,(H,21,23). The van der Waals surface area contributed by atoms with E-state index in [0.717, 1.165) is 38.2 Å². The summed E-state index contributed by atoms with van der Waals surface area (Å²) in [5.74, 6) is 1.59. The second-order valence-corrected chi connectivity index (χ2v) is 6.20. The largest absolute Gasteiger partial charge is 0.356 e. The number of hydrogen-bond acceptors (Lipinski definition) is 2. The van der Waals surface area contributed by atoms with Crippen molar-refractivity contribution in [2.45, 2.75) is 46.1 Å². The van der Waals surface area contributed by atoms with Gasteiger partial charge in [0, 0.05) is 31.9 Å². The highest BCUT2D eigenvalue weighted by Crippen LogP contribution is 2.12. The first-order valence-electron chi connectivity index (χ1n) is 8.43. The fourth-order valence-corrected chi connectivity index (χ4v) is 2.67. The third-order valence-electron chi connectivity index (χ3n) is 4.12. The van der Waals surface area contributed by atoms with Crippen LogP contribution >= 0.6 is 0 Å².